The van der Waals surface area contributed by atoms with Crippen LogP contribution in [0.15, 0.2) is 46.3 Å². The van der Waals surface area contributed by atoms with Crippen LogP contribution in [0.2, 0.25) is 0 Å². The Morgan fingerprint density at radius 2 is 1.35 bits per heavy atom. The molecule has 0 aromatic heterocycles. The molecule has 0 saturated heterocycles. The smallest absolute Gasteiger partial charge is 0.309 e. The molecule has 0 unspecified atom stereocenters. The van der Waals surface area contributed by atoms with E-state index in [9.17, 15) is 0 Å². The molecular weight excluding hydrogens is 232 g/mol. The van der Waals surface area contributed by atoms with Crippen molar-refractivity contribution in [2.24, 2.45) is 0 Å². The minimum atomic E-state index is 0.615. The zero-order valence-corrected chi connectivity index (χ0v) is 9.89. The molecule has 2 rings (SSSR count). The largest absolute Gasteiger partial charge is 0.361 e. The average molecular weight is 242 g/mol. The van der Waals surface area contributed by atoms with E-state index < -0.39 is 0 Å². The highest BCUT2D eigenvalue weighted by molar-refractivity contribution is 8.08. The molecule has 0 aliphatic heterocycles. The molecule has 5 heteroatoms. The lowest BCUT2D eigenvalue weighted by atomic mass is 10.1. The Bertz CT molecular complexity index is 503. The molecular formula is C12H10N4S. The predicted octanol–water partition coefficient (Wildman–Crippen LogP) is 2.75. The fourth-order valence-electron chi connectivity index (χ4n) is 1.55. The monoisotopic (exact) mass is 242 g/mol. The summed E-state index contributed by atoms with van der Waals surface area (Å²) >= 11 is 1.44. The summed E-state index contributed by atoms with van der Waals surface area (Å²) in [4.78, 5) is 8.29. The number of thioether (sulfide) groups is 1. The second-order valence-corrected chi connectivity index (χ2v) is 4.61. The molecule has 0 aromatic carbocycles. The van der Waals surface area contributed by atoms with Crippen molar-refractivity contribution in [2.45, 2.75) is 12.8 Å². The van der Waals surface area contributed by atoms with Gasteiger partial charge >= 0.3 is 11.4 Å². The molecule has 84 valence electrons. The van der Waals surface area contributed by atoms with E-state index in [-0.39, 0.29) is 0 Å². The first kappa shape index (κ1) is 11.6. The van der Waals surface area contributed by atoms with Gasteiger partial charge in [0.25, 0.3) is 0 Å². The molecule has 0 N–H and O–H groups in total. The van der Waals surface area contributed by atoms with Crippen LogP contribution in [0.3, 0.4) is 0 Å². The van der Waals surface area contributed by atoms with Gasteiger partial charge in [0.05, 0.1) is 22.7 Å². The number of rotatable bonds is 2. The van der Waals surface area contributed by atoms with Crippen LogP contribution in [-0.2, 0) is 0 Å². The van der Waals surface area contributed by atoms with Crippen LogP contribution < -0.4 is 0 Å². The van der Waals surface area contributed by atoms with Gasteiger partial charge in [0.1, 0.15) is 0 Å². The van der Waals surface area contributed by atoms with Crippen molar-refractivity contribution < 1.29 is 9.58 Å². The molecule has 0 radical (unpaired) electrons. The lowest BCUT2D eigenvalue weighted by Crippen LogP contribution is -2.08. The van der Waals surface area contributed by atoms with Crippen molar-refractivity contribution in [3.63, 3.8) is 0 Å². The van der Waals surface area contributed by atoms with E-state index in [1.165, 1.54) is 11.8 Å². The third-order valence-corrected chi connectivity index (χ3v) is 3.60. The summed E-state index contributed by atoms with van der Waals surface area (Å²) in [5.74, 6) is 0. The molecule has 0 heterocycles. The summed E-state index contributed by atoms with van der Waals surface area (Å²) in [5, 5.41) is 0. The first-order valence-corrected chi connectivity index (χ1v) is 6.01. The van der Waals surface area contributed by atoms with E-state index in [1.807, 2.05) is 36.5 Å². The normalized spacial score (nSPS) is 18.4. The quantitative estimate of drug-likeness (QED) is 0.542. The van der Waals surface area contributed by atoms with Gasteiger partial charge in [0.15, 0.2) is 0 Å². The maximum absolute atomic E-state index is 8.90. The zero-order chi connectivity index (χ0) is 12.1. The number of hydrogen-bond donors (Lipinski definition) is 0. The molecule has 0 fully saturated rings. The Labute approximate surface area is 103 Å². The number of nitrogens with zero attached hydrogens (tertiary/aromatic N) is 4. The Morgan fingerprint density at radius 1 is 0.882 bits per heavy atom. The molecule has 0 saturated carbocycles. The fraction of sp³-hybridized carbons (Fsp3) is 0.167. The predicted molar refractivity (Wildman–Crippen MR) is 68.5 cm³/mol. The fourth-order valence-corrected chi connectivity index (χ4v) is 2.56. The van der Waals surface area contributed by atoms with Crippen molar-refractivity contribution in [1.29, 1.82) is 0 Å². The zero-order valence-electron chi connectivity index (χ0n) is 9.08. The van der Waals surface area contributed by atoms with E-state index >= 15 is 0 Å². The van der Waals surface area contributed by atoms with Gasteiger partial charge in [-0.05, 0) is 12.2 Å². The highest BCUT2D eigenvalue weighted by atomic mass is 32.2. The van der Waals surface area contributed by atoms with Gasteiger partial charge < -0.3 is 11.1 Å². The van der Waals surface area contributed by atoms with Crippen LogP contribution in [0, 0.1) is 0 Å². The standard InChI is InChI=1S/C12H10N4S/c13-15-9-5-1-3-7-11(9)17-12-8-4-2-6-10(12)16-14/h1-4,7-8H,5-6H2. The summed E-state index contributed by atoms with van der Waals surface area (Å²) < 4.78 is 0. The minimum absolute atomic E-state index is 0.615. The van der Waals surface area contributed by atoms with Gasteiger partial charge in [0, 0.05) is 0 Å². The first-order valence-electron chi connectivity index (χ1n) is 5.19. The van der Waals surface area contributed by atoms with E-state index in [1.54, 1.807) is 0 Å². The molecule has 4 nitrogen and oxygen atoms in total. The van der Waals surface area contributed by atoms with Crippen LogP contribution in [-0.4, -0.2) is 21.0 Å². The molecule has 0 bridgehead atoms. The topological polar surface area (TPSA) is 72.8 Å². The van der Waals surface area contributed by atoms with Gasteiger partial charge in [-0.15, -0.1) is 0 Å². The number of allylic oxidation sites excluding steroid dienone is 8. The lowest BCUT2D eigenvalue weighted by molar-refractivity contribution is -0.00585. The van der Waals surface area contributed by atoms with Crippen molar-refractivity contribution >= 4 is 23.2 Å². The number of hydrogen-bond acceptors (Lipinski definition) is 1. The Balaban J connectivity index is 2.26. The third-order valence-electron chi connectivity index (χ3n) is 2.42. The van der Waals surface area contributed by atoms with Crippen molar-refractivity contribution in [2.75, 3.05) is 0 Å². The van der Waals surface area contributed by atoms with Gasteiger partial charge in [-0.1, -0.05) is 36.1 Å². The van der Waals surface area contributed by atoms with E-state index in [2.05, 4.69) is 9.58 Å². The third kappa shape index (κ3) is 2.60. The lowest BCUT2D eigenvalue weighted by Gasteiger charge is -2.06. The second-order valence-electron chi connectivity index (χ2n) is 3.52. The average Bonchev–Trinajstić information content (AvgIpc) is 2.40. The van der Waals surface area contributed by atoms with Crippen molar-refractivity contribution in [1.82, 2.24) is 0 Å². The van der Waals surface area contributed by atoms with E-state index in [4.69, 9.17) is 11.1 Å². The summed E-state index contributed by atoms with van der Waals surface area (Å²) in [5.41, 5.74) is 19.1. The maximum atomic E-state index is 8.90. The highest BCUT2D eigenvalue weighted by Crippen LogP contribution is 2.31. The maximum Gasteiger partial charge on any atom is 0.309 e. The van der Waals surface area contributed by atoms with Crippen LogP contribution in [0.4, 0.5) is 0 Å². The molecule has 0 atom stereocenters. The molecule has 2 aliphatic carbocycles. The molecule has 0 aromatic rings. The second kappa shape index (κ2) is 5.41. The van der Waals surface area contributed by atoms with Crippen molar-refractivity contribution in [3.05, 3.63) is 57.3 Å². The Kier molecular flexibility index (Phi) is 3.68. The van der Waals surface area contributed by atoms with Gasteiger partial charge in [-0.25, -0.2) is 0 Å². The summed E-state index contributed by atoms with van der Waals surface area (Å²) in [6.07, 6.45) is 12.7. The van der Waals surface area contributed by atoms with Gasteiger partial charge in [0.2, 0.25) is 0 Å². The SMILES string of the molecule is [N-]=[N+]=C1CC=CC=C1SC1=CC=CCC1=[N+]=[N-]. The molecule has 2 aliphatic rings. The van der Waals surface area contributed by atoms with Crippen LogP contribution >= 0.6 is 11.8 Å². The van der Waals surface area contributed by atoms with E-state index in [0.29, 0.717) is 24.3 Å². The first-order chi connectivity index (χ1) is 8.35. The summed E-state index contributed by atoms with van der Waals surface area (Å²) in [7, 11) is 0. The summed E-state index contributed by atoms with van der Waals surface area (Å²) in [6, 6.07) is 0. The van der Waals surface area contributed by atoms with Crippen molar-refractivity contribution in [3.8, 4) is 0 Å². The molecule has 17 heavy (non-hydrogen) atoms. The summed E-state index contributed by atoms with van der Waals surface area (Å²) in [6.45, 7) is 0. The highest BCUT2D eigenvalue weighted by Gasteiger charge is 2.24. The molecule has 0 spiro atoms. The van der Waals surface area contributed by atoms with Crippen LogP contribution in [0.5, 0.6) is 0 Å². The van der Waals surface area contributed by atoms with Gasteiger partial charge in [-0.3, -0.25) is 0 Å². The minimum Gasteiger partial charge on any atom is -0.361 e. The van der Waals surface area contributed by atoms with Crippen LogP contribution in [0.1, 0.15) is 12.8 Å². The van der Waals surface area contributed by atoms with Gasteiger partial charge in [-0.2, -0.15) is 9.58 Å². The Morgan fingerprint density at radius 3 is 1.76 bits per heavy atom. The van der Waals surface area contributed by atoms with E-state index in [0.717, 1.165) is 9.81 Å². The Hall–Kier alpha value is -1.93. The van der Waals surface area contributed by atoms with Crippen LogP contribution in [0.25, 0.3) is 11.1 Å². The molecule has 0 amide bonds.